The number of aliphatic carboxylic acids is 1. The average molecular weight is 311 g/mol. The van der Waals surface area contributed by atoms with Crippen LogP contribution < -0.4 is 0 Å². The number of hydrogen-bond donors (Lipinski definition) is 1. The lowest BCUT2D eigenvalue weighted by atomic mass is 9.99. The quantitative estimate of drug-likeness (QED) is 0.892. The number of benzene rings is 2. The summed E-state index contributed by atoms with van der Waals surface area (Å²) in [5.41, 5.74) is 2.70. The van der Waals surface area contributed by atoms with Crippen LogP contribution in [0.15, 0.2) is 54.6 Å². The van der Waals surface area contributed by atoms with E-state index in [0.29, 0.717) is 12.0 Å². The fraction of sp³-hybridized carbons (Fsp3) is 0.263. The summed E-state index contributed by atoms with van der Waals surface area (Å²) in [7, 11) is 1.64. The maximum Gasteiger partial charge on any atom is 0.308 e. The third kappa shape index (κ3) is 4.42. The number of carboxylic acid groups (broad SMARTS) is 1. The second-order valence-electron chi connectivity index (χ2n) is 5.74. The van der Waals surface area contributed by atoms with Crippen LogP contribution in [0.3, 0.4) is 0 Å². The summed E-state index contributed by atoms with van der Waals surface area (Å²) < 4.78 is 0. The normalized spacial score (nSPS) is 11.7. The van der Waals surface area contributed by atoms with Crippen molar-refractivity contribution >= 4 is 11.9 Å². The van der Waals surface area contributed by atoms with Crippen LogP contribution in [0, 0.1) is 5.92 Å². The lowest BCUT2D eigenvalue weighted by molar-refractivity contribution is -0.141. The van der Waals surface area contributed by atoms with Gasteiger partial charge in [-0.2, -0.15) is 0 Å². The second-order valence-corrected chi connectivity index (χ2v) is 5.74. The number of amides is 1. The zero-order valence-electron chi connectivity index (χ0n) is 13.4. The molecule has 0 aliphatic heterocycles. The molecule has 0 heterocycles. The lowest BCUT2D eigenvalue weighted by Crippen LogP contribution is -2.34. The summed E-state index contributed by atoms with van der Waals surface area (Å²) in [5.74, 6) is -1.64. The molecular formula is C19H21NO3. The fourth-order valence-electron chi connectivity index (χ4n) is 2.48. The number of carboxylic acids is 1. The molecule has 0 spiro atoms. The van der Waals surface area contributed by atoms with Gasteiger partial charge in [0.1, 0.15) is 0 Å². The van der Waals surface area contributed by atoms with Gasteiger partial charge in [-0.3, -0.25) is 9.59 Å². The first kappa shape index (κ1) is 16.7. The van der Waals surface area contributed by atoms with Gasteiger partial charge in [-0.15, -0.1) is 0 Å². The summed E-state index contributed by atoms with van der Waals surface area (Å²) in [6, 6.07) is 17.4. The van der Waals surface area contributed by atoms with Crippen LogP contribution in [0.5, 0.6) is 0 Å². The van der Waals surface area contributed by atoms with Gasteiger partial charge in [0.15, 0.2) is 0 Å². The molecule has 0 aromatic heterocycles. The zero-order valence-corrected chi connectivity index (χ0v) is 13.4. The summed E-state index contributed by atoms with van der Waals surface area (Å²) in [4.78, 5) is 25.1. The third-order valence-corrected chi connectivity index (χ3v) is 3.80. The topological polar surface area (TPSA) is 57.6 Å². The van der Waals surface area contributed by atoms with E-state index >= 15 is 0 Å². The molecule has 0 bridgehead atoms. The van der Waals surface area contributed by atoms with Gasteiger partial charge in [0, 0.05) is 19.2 Å². The molecule has 1 N–H and O–H groups in total. The van der Waals surface area contributed by atoms with Gasteiger partial charge in [0.25, 0.3) is 5.91 Å². The highest BCUT2D eigenvalue weighted by Crippen LogP contribution is 2.16. The van der Waals surface area contributed by atoms with Crippen molar-refractivity contribution in [1.29, 1.82) is 0 Å². The van der Waals surface area contributed by atoms with Crippen molar-refractivity contribution in [2.24, 2.45) is 5.92 Å². The number of rotatable bonds is 6. The molecule has 0 aliphatic rings. The molecule has 0 fully saturated rings. The van der Waals surface area contributed by atoms with E-state index in [4.69, 9.17) is 5.11 Å². The largest absolute Gasteiger partial charge is 0.481 e. The van der Waals surface area contributed by atoms with Gasteiger partial charge in [0.2, 0.25) is 0 Å². The van der Waals surface area contributed by atoms with Crippen LogP contribution in [0.25, 0.3) is 0 Å². The number of nitrogens with zero attached hydrogens (tertiary/aromatic N) is 1. The highest BCUT2D eigenvalue weighted by molar-refractivity contribution is 5.95. The van der Waals surface area contributed by atoms with Crippen LogP contribution in [0.4, 0.5) is 0 Å². The van der Waals surface area contributed by atoms with E-state index in [1.807, 2.05) is 48.5 Å². The fourth-order valence-corrected chi connectivity index (χ4v) is 2.48. The van der Waals surface area contributed by atoms with Gasteiger partial charge in [0.05, 0.1) is 5.92 Å². The molecule has 1 amide bonds. The average Bonchev–Trinajstić information content (AvgIpc) is 2.55. The van der Waals surface area contributed by atoms with Gasteiger partial charge in [-0.05, 0) is 23.6 Å². The van der Waals surface area contributed by atoms with E-state index in [0.717, 1.165) is 11.1 Å². The van der Waals surface area contributed by atoms with Crippen LogP contribution in [-0.4, -0.2) is 35.5 Å². The standard InChI is InChI=1S/C19H21NO3/c1-14(19(22)23)13-20(2)18(21)17-11-7-6-10-16(17)12-15-8-4-3-5-9-15/h3-11,14H,12-13H2,1-2H3,(H,22,23). The summed E-state index contributed by atoms with van der Waals surface area (Å²) in [5, 5.41) is 8.99. The van der Waals surface area contributed by atoms with E-state index in [9.17, 15) is 9.59 Å². The molecule has 0 saturated carbocycles. The van der Waals surface area contributed by atoms with E-state index in [1.54, 1.807) is 20.0 Å². The summed E-state index contributed by atoms with van der Waals surface area (Å²) in [6.07, 6.45) is 0.672. The minimum atomic E-state index is -0.901. The predicted molar refractivity (Wildman–Crippen MR) is 89.5 cm³/mol. The van der Waals surface area contributed by atoms with E-state index in [-0.39, 0.29) is 12.5 Å². The molecule has 1 atom stereocenters. The van der Waals surface area contributed by atoms with Gasteiger partial charge >= 0.3 is 5.97 Å². The van der Waals surface area contributed by atoms with Crippen LogP contribution in [0.2, 0.25) is 0 Å². The Kier molecular flexibility index (Phi) is 5.52. The number of hydrogen-bond acceptors (Lipinski definition) is 2. The molecule has 0 saturated heterocycles. The molecule has 1 unspecified atom stereocenters. The predicted octanol–water partition coefficient (Wildman–Crippen LogP) is 3.07. The van der Waals surface area contributed by atoms with E-state index < -0.39 is 11.9 Å². The number of carbonyl (C=O) groups is 2. The molecule has 4 heteroatoms. The Labute approximate surface area is 136 Å². The SMILES string of the molecule is CC(CN(C)C(=O)c1ccccc1Cc1ccccc1)C(=O)O. The van der Waals surface area contributed by atoms with Crippen molar-refractivity contribution in [1.82, 2.24) is 4.90 Å². The summed E-state index contributed by atoms with van der Waals surface area (Å²) in [6.45, 7) is 1.79. The lowest BCUT2D eigenvalue weighted by Gasteiger charge is -2.21. The molecule has 4 nitrogen and oxygen atoms in total. The first-order valence-electron chi connectivity index (χ1n) is 7.59. The van der Waals surface area contributed by atoms with Gasteiger partial charge in [-0.1, -0.05) is 55.5 Å². The Morgan fingerprint density at radius 3 is 2.30 bits per heavy atom. The molecule has 0 aliphatic carbocycles. The Bertz CT molecular complexity index is 682. The third-order valence-electron chi connectivity index (χ3n) is 3.80. The Morgan fingerprint density at radius 1 is 1.04 bits per heavy atom. The van der Waals surface area contributed by atoms with Crippen LogP contribution in [0.1, 0.15) is 28.4 Å². The monoisotopic (exact) mass is 311 g/mol. The van der Waals surface area contributed by atoms with Crippen LogP contribution >= 0.6 is 0 Å². The second kappa shape index (κ2) is 7.58. The van der Waals surface area contributed by atoms with Crippen molar-refractivity contribution in [3.8, 4) is 0 Å². The zero-order chi connectivity index (χ0) is 16.8. The smallest absolute Gasteiger partial charge is 0.308 e. The molecule has 0 radical (unpaired) electrons. The van der Waals surface area contributed by atoms with Gasteiger partial charge in [-0.25, -0.2) is 0 Å². The highest BCUT2D eigenvalue weighted by Gasteiger charge is 2.20. The van der Waals surface area contributed by atoms with Crippen molar-refractivity contribution in [3.05, 3.63) is 71.3 Å². The molecular weight excluding hydrogens is 290 g/mol. The molecule has 2 aromatic carbocycles. The summed E-state index contributed by atoms with van der Waals surface area (Å²) >= 11 is 0. The van der Waals surface area contributed by atoms with Crippen molar-refractivity contribution in [2.75, 3.05) is 13.6 Å². The minimum absolute atomic E-state index is 0.148. The van der Waals surface area contributed by atoms with Crippen molar-refractivity contribution < 1.29 is 14.7 Å². The Hall–Kier alpha value is -2.62. The van der Waals surface area contributed by atoms with Crippen molar-refractivity contribution in [3.63, 3.8) is 0 Å². The molecule has 2 aromatic rings. The molecule has 120 valence electrons. The van der Waals surface area contributed by atoms with Crippen LogP contribution in [-0.2, 0) is 11.2 Å². The Balaban J connectivity index is 2.19. The van der Waals surface area contributed by atoms with E-state index in [1.165, 1.54) is 4.90 Å². The maximum atomic E-state index is 12.6. The Morgan fingerprint density at radius 2 is 1.65 bits per heavy atom. The van der Waals surface area contributed by atoms with Gasteiger partial charge < -0.3 is 10.0 Å². The van der Waals surface area contributed by atoms with E-state index in [2.05, 4.69) is 0 Å². The minimum Gasteiger partial charge on any atom is -0.481 e. The highest BCUT2D eigenvalue weighted by atomic mass is 16.4. The molecule has 2 rings (SSSR count). The number of carbonyl (C=O) groups excluding carboxylic acids is 1. The maximum absolute atomic E-state index is 12.6. The van der Waals surface area contributed by atoms with Crippen molar-refractivity contribution in [2.45, 2.75) is 13.3 Å². The first-order valence-corrected chi connectivity index (χ1v) is 7.59. The molecule has 23 heavy (non-hydrogen) atoms. The first-order chi connectivity index (χ1) is 11.0.